The Morgan fingerprint density at radius 1 is 1.25 bits per heavy atom. The molecule has 0 bridgehead atoms. The molecule has 20 heavy (non-hydrogen) atoms. The van der Waals surface area contributed by atoms with Crippen molar-refractivity contribution in [2.75, 3.05) is 19.6 Å². The molecule has 2 aromatic rings. The van der Waals surface area contributed by atoms with Crippen molar-refractivity contribution in [3.05, 3.63) is 53.9 Å². The first-order chi connectivity index (χ1) is 9.90. The van der Waals surface area contributed by atoms with Gasteiger partial charge in [-0.05, 0) is 24.9 Å². The molecule has 0 aliphatic carbocycles. The van der Waals surface area contributed by atoms with Crippen molar-refractivity contribution in [2.24, 2.45) is 0 Å². The van der Waals surface area contributed by atoms with Gasteiger partial charge < -0.3 is 14.7 Å². The zero-order chi connectivity index (χ0) is 13.6. The van der Waals surface area contributed by atoms with E-state index in [0.29, 0.717) is 6.04 Å². The van der Waals surface area contributed by atoms with Crippen molar-refractivity contribution in [3.63, 3.8) is 0 Å². The quantitative estimate of drug-likeness (QED) is 0.873. The maximum Gasteiger partial charge on any atom is 0.150 e. The van der Waals surface area contributed by atoms with Crippen LogP contribution in [-0.2, 0) is 13.0 Å². The van der Waals surface area contributed by atoms with Crippen molar-refractivity contribution in [1.82, 2.24) is 15.4 Å². The second-order valence-electron chi connectivity index (χ2n) is 5.38. The van der Waals surface area contributed by atoms with E-state index in [1.165, 1.54) is 18.5 Å². The highest BCUT2D eigenvalue weighted by Gasteiger charge is 2.21. The lowest BCUT2D eigenvalue weighted by molar-refractivity contribution is 0.325. The van der Waals surface area contributed by atoms with Crippen molar-refractivity contribution < 1.29 is 4.52 Å². The summed E-state index contributed by atoms with van der Waals surface area (Å²) >= 11 is 0. The molecule has 1 aromatic carbocycles. The predicted octanol–water partition coefficient (Wildman–Crippen LogP) is 2.08. The average molecular weight is 271 g/mol. The third-order valence-corrected chi connectivity index (χ3v) is 3.89. The molecule has 1 aliphatic heterocycles. The number of nitrogens with zero attached hydrogens (tertiary/aromatic N) is 2. The molecule has 1 saturated heterocycles. The van der Waals surface area contributed by atoms with Crippen LogP contribution in [0.25, 0.3) is 0 Å². The summed E-state index contributed by atoms with van der Waals surface area (Å²) in [6.45, 7) is 4.23. The number of likely N-dealkylation sites (tertiary alicyclic amines) is 1. The molecule has 106 valence electrons. The third kappa shape index (κ3) is 3.68. The minimum Gasteiger partial charge on any atom is -0.360 e. The van der Waals surface area contributed by atoms with Gasteiger partial charge in [0.15, 0.2) is 0 Å². The Labute approximate surface area is 119 Å². The Bertz CT molecular complexity index is 498. The van der Waals surface area contributed by atoms with Gasteiger partial charge in [-0.15, -0.1) is 0 Å². The summed E-state index contributed by atoms with van der Waals surface area (Å²) in [7, 11) is 0. The smallest absolute Gasteiger partial charge is 0.150 e. The topological polar surface area (TPSA) is 41.3 Å². The van der Waals surface area contributed by atoms with E-state index in [4.69, 9.17) is 4.52 Å². The predicted molar refractivity (Wildman–Crippen MR) is 78.3 cm³/mol. The summed E-state index contributed by atoms with van der Waals surface area (Å²) in [6, 6.07) is 13.2. The number of aromatic nitrogens is 1. The van der Waals surface area contributed by atoms with Crippen LogP contribution in [0.3, 0.4) is 0 Å². The molecule has 1 aromatic heterocycles. The van der Waals surface area contributed by atoms with Gasteiger partial charge in [-0.2, -0.15) is 0 Å². The lowest BCUT2D eigenvalue weighted by Crippen LogP contribution is -2.32. The fourth-order valence-electron chi connectivity index (χ4n) is 2.71. The van der Waals surface area contributed by atoms with E-state index in [1.807, 2.05) is 6.07 Å². The normalized spacial score (nSPS) is 19.5. The average Bonchev–Trinajstić information content (AvgIpc) is 3.16. The Kier molecular flexibility index (Phi) is 4.46. The zero-order valence-electron chi connectivity index (χ0n) is 11.7. The van der Waals surface area contributed by atoms with Gasteiger partial charge in [-0.3, -0.25) is 0 Å². The van der Waals surface area contributed by atoms with Crippen molar-refractivity contribution in [2.45, 2.75) is 25.4 Å². The molecule has 4 heteroatoms. The first-order valence-corrected chi connectivity index (χ1v) is 7.29. The fraction of sp³-hybridized carbons (Fsp3) is 0.438. The minimum absolute atomic E-state index is 0.566. The van der Waals surface area contributed by atoms with Gasteiger partial charge in [0.05, 0.1) is 12.7 Å². The van der Waals surface area contributed by atoms with Crippen molar-refractivity contribution in [3.8, 4) is 0 Å². The standard InChI is InChI=1S/C16H21N3O/c1-2-4-14(5-3-1)7-10-19-11-8-15(13-19)17-12-16-6-9-18-20-16/h1-6,9,15,17H,7-8,10-13H2. The molecular weight excluding hydrogens is 250 g/mol. The van der Waals surface area contributed by atoms with E-state index in [0.717, 1.165) is 31.8 Å². The molecule has 0 saturated carbocycles. The van der Waals surface area contributed by atoms with Gasteiger partial charge >= 0.3 is 0 Å². The van der Waals surface area contributed by atoms with Gasteiger partial charge in [-0.25, -0.2) is 0 Å². The second-order valence-corrected chi connectivity index (χ2v) is 5.38. The van der Waals surface area contributed by atoms with E-state index in [-0.39, 0.29) is 0 Å². The molecule has 1 unspecified atom stereocenters. The van der Waals surface area contributed by atoms with Crippen molar-refractivity contribution in [1.29, 1.82) is 0 Å². The molecule has 1 atom stereocenters. The molecule has 3 rings (SSSR count). The van der Waals surface area contributed by atoms with E-state index in [9.17, 15) is 0 Å². The van der Waals surface area contributed by atoms with Crippen LogP contribution in [0.1, 0.15) is 17.7 Å². The Morgan fingerprint density at radius 2 is 2.15 bits per heavy atom. The monoisotopic (exact) mass is 271 g/mol. The molecular formula is C16H21N3O. The summed E-state index contributed by atoms with van der Waals surface area (Å²) in [4.78, 5) is 2.53. The molecule has 4 nitrogen and oxygen atoms in total. The van der Waals surface area contributed by atoms with Crippen LogP contribution < -0.4 is 5.32 Å². The van der Waals surface area contributed by atoms with Crippen LogP contribution >= 0.6 is 0 Å². The molecule has 0 radical (unpaired) electrons. The fourth-order valence-corrected chi connectivity index (χ4v) is 2.71. The van der Waals surface area contributed by atoms with Crippen LogP contribution in [-0.4, -0.2) is 35.7 Å². The summed E-state index contributed by atoms with van der Waals surface area (Å²) < 4.78 is 5.10. The van der Waals surface area contributed by atoms with Gasteiger partial charge in [0.1, 0.15) is 5.76 Å². The number of rotatable bonds is 6. The Morgan fingerprint density at radius 3 is 2.95 bits per heavy atom. The lowest BCUT2D eigenvalue weighted by Gasteiger charge is -2.16. The largest absolute Gasteiger partial charge is 0.360 e. The van der Waals surface area contributed by atoms with E-state index in [1.54, 1.807) is 6.20 Å². The maximum atomic E-state index is 5.10. The Hall–Kier alpha value is -1.65. The van der Waals surface area contributed by atoms with Crippen LogP contribution in [0.2, 0.25) is 0 Å². The summed E-state index contributed by atoms with van der Waals surface area (Å²) in [5.74, 6) is 0.910. The molecule has 1 aliphatic rings. The van der Waals surface area contributed by atoms with Crippen LogP contribution in [0.5, 0.6) is 0 Å². The molecule has 0 spiro atoms. The highest BCUT2D eigenvalue weighted by Crippen LogP contribution is 2.11. The summed E-state index contributed by atoms with van der Waals surface area (Å²) in [6.07, 6.45) is 4.04. The van der Waals surface area contributed by atoms with E-state index in [2.05, 4.69) is 45.7 Å². The highest BCUT2D eigenvalue weighted by atomic mass is 16.5. The summed E-state index contributed by atoms with van der Waals surface area (Å²) in [5.41, 5.74) is 1.42. The Balaban J connectivity index is 1.38. The van der Waals surface area contributed by atoms with E-state index >= 15 is 0 Å². The first kappa shape index (κ1) is 13.3. The van der Waals surface area contributed by atoms with Crippen LogP contribution in [0, 0.1) is 0 Å². The number of hydrogen-bond acceptors (Lipinski definition) is 4. The van der Waals surface area contributed by atoms with Gasteiger partial charge in [0.25, 0.3) is 0 Å². The number of benzene rings is 1. The van der Waals surface area contributed by atoms with Crippen LogP contribution in [0.15, 0.2) is 47.1 Å². The van der Waals surface area contributed by atoms with E-state index < -0.39 is 0 Å². The molecule has 0 amide bonds. The maximum absolute atomic E-state index is 5.10. The lowest BCUT2D eigenvalue weighted by atomic mass is 10.1. The highest BCUT2D eigenvalue weighted by molar-refractivity contribution is 5.14. The van der Waals surface area contributed by atoms with Gasteiger partial charge in [-0.1, -0.05) is 35.5 Å². The SMILES string of the molecule is c1ccc(CCN2CCC(NCc3ccno3)C2)cc1. The molecule has 1 fully saturated rings. The number of hydrogen-bond donors (Lipinski definition) is 1. The zero-order valence-corrected chi connectivity index (χ0v) is 11.7. The van der Waals surface area contributed by atoms with Crippen molar-refractivity contribution >= 4 is 0 Å². The first-order valence-electron chi connectivity index (χ1n) is 7.29. The minimum atomic E-state index is 0.566. The summed E-state index contributed by atoms with van der Waals surface area (Å²) in [5, 5.41) is 7.26. The number of nitrogens with one attached hydrogen (secondary N) is 1. The van der Waals surface area contributed by atoms with Crippen LogP contribution in [0.4, 0.5) is 0 Å². The molecule has 2 heterocycles. The van der Waals surface area contributed by atoms with Gasteiger partial charge in [0.2, 0.25) is 0 Å². The molecule has 1 N–H and O–H groups in total. The third-order valence-electron chi connectivity index (χ3n) is 3.89. The van der Waals surface area contributed by atoms with Gasteiger partial charge in [0, 0.05) is 25.2 Å². The second kappa shape index (κ2) is 6.68.